The number of rotatable bonds is 11. The minimum Gasteiger partial charge on any atom is -0.476 e. The topological polar surface area (TPSA) is 82.3 Å². The van der Waals surface area contributed by atoms with Crippen molar-refractivity contribution >= 4 is 11.5 Å². The predicted molar refractivity (Wildman–Crippen MR) is 85.6 cm³/mol. The van der Waals surface area contributed by atoms with Gasteiger partial charge in [0.1, 0.15) is 12.0 Å². The Morgan fingerprint density at radius 2 is 2.00 bits per heavy atom. The fourth-order valence-electron chi connectivity index (χ4n) is 1.61. The van der Waals surface area contributed by atoms with E-state index >= 15 is 0 Å². The van der Waals surface area contributed by atoms with Gasteiger partial charge in [0.2, 0.25) is 5.88 Å². The molecule has 0 bridgehead atoms. The van der Waals surface area contributed by atoms with E-state index in [1.165, 1.54) is 6.33 Å². The maximum absolute atomic E-state index is 6.01. The summed E-state index contributed by atoms with van der Waals surface area (Å²) in [6, 6.07) is 0. The highest BCUT2D eigenvalue weighted by Crippen LogP contribution is 2.24. The third-order valence-corrected chi connectivity index (χ3v) is 2.80. The second-order valence-electron chi connectivity index (χ2n) is 5.39. The lowest BCUT2D eigenvalue weighted by Gasteiger charge is -2.13. The van der Waals surface area contributed by atoms with E-state index in [0.717, 1.165) is 39.0 Å². The summed E-state index contributed by atoms with van der Waals surface area (Å²) in [5.41, 5.74) is 6.47. The molecule has 0 saturated heterocycles. The van der Waals surface area contributed by atoms with Crippen LogP contribution in [0.1, 0.15) is 40.0 Å². The summed E-state index contributed by atoms with van der Waals surface area (Å²) in [6.07, 6.45) is 4.65. The molecule has 0 unspecified atom stereocenters. The monoisotopic (exact) mass is 296 g/mol. The van der Waals surface area contributed by atoms with Crippen LogP contribution in [0.3, 0.4) is 0 Å². The molecule has 0 aromatic carbocycles. The summed E-state index contributed by atoms with van der Waals surface area (Å²) in [6.45, 7) is 9.24. The van der Waals surface area contributed by atoms with Gasteiger partial charge in [0.15, 0.2) is 5.82 Å². The maximum Gasteiger partial charge on any atom is 0.242 e. The van der Waals surface area contributed by atoms with E-state index in [1.54, 1.807) is 0 Å². The fraction of sp³-hybridized carbons (Fsp3) is 0.733. The SMILES string of the molecule is CCCCOCCCNc1ncnc(OCC(C)C)c1N. The average Bonchev–Trinajstić information content (AvgIpc) is 2.46. The number of nitrogens with zero attached hydrogens (tertiary/aromatic N) is 2. The lowest BCUT2D eigenvalue weighted by atomic mass is 10.2. The molecule has 0 radical (unpaired) electrons. The molecule has 6 nitrogen and oxygen atoms in total. The molecular weight excluding hydrogens is 268 g/mol. The molecule has 0 atom stereocenters. The third-order valence-electron chi connectivity index (χ3n) is 2.80. The highest BCUT2D eigenvalue weighted by molar-refractivity contribution is 5.66. The number of hydrogen-bond acceptors (Lipinski definition) is 6. The lowest BCUT2D eigenvalue weighted by molar-refractivity contribution is 0.131. The van der Waals surface area contributed by atoms with Gasteiger partial charge in [-0.25, -0.2) is 4.98 Å². The van der Waals surface area contributed by atoms with Crippen LogP contribution in [0.2, 0.25) is 0 Å². The summed E-state index contributed by atoms with van der Waals surface area (Å²) >= 11 is 0. The zero-order chi connectivity index (χ0) is 15.5. The first-order valence-corrected chi connectivity index (χ1v) is 7.70. The first-order valence-electron chi connectivity index (χ1n) is 7.70. The second kappa shape index (κ2) is 10.2. The van der Waals surface area contributed by atoms with Gasteiger partial charge in [-0.15, -0.1) is 0 Å². The third kappa shape index (κ3) is 7.13. The Hall–Kier alpha value is -1.56. The van der Waals surface area contributed by atoms with E-state index in [-0.39, 0.29) is 0 Å². The molecule has 0 aliphatic rings. The second-order valence-corrected chi connectivity index (χ2v) is 5.39. The van der Waals surface area contributed by atoms with Gasteiger partial charge in [-0.2, -0.15) is 4.98 Å². The number of nitrogens with one attached hydrogen (secondary N) is 1. The van der Waals surface area contributed by atoms with Crippen LogP contribution >= 0.6 is 0 Å². The average molecular weight is 296 g/mol. The number of hydrogen-bond donors (Lipinski definition) is 2. The molecule has 0 aliphatic heterocycles. The van der Waals surface area contributed by atoms with E-state index in [4.69, 9.17) is 15.2 Å². The van der Waals surface area contributed by atoms with Crippen LogP contribution in [0.4, 0.5) is 11.5 Å². The predicted octanol–water partition coefficient (Wildman–Crippen LogP) is 2.71. The first kappa shape index (κ1) is 17.5. The van der Waals surface area contributed by atoms with Gasteiger partial charge in [0.25, 0.3) is 0 Å². The van der Waals surface area contributed by atoms with Crippen molar-refractivity contribution in [3.05, 3.63) is 6.33 Å². The van der Waals surface area contributed by atoms with Crippen LogP contribution in [0, 0.1) is 5.92 Å². The zero-order valence-electron chi connectivity index (χ0n) is 13.4. The molecule has 1 aromatic heterocycles. The minimum absolute atomic E-state index is 0.427. The summed E-state index contributed by atoms with van der Waals surface area (Å²) in [5, 5.41) is 3.20. The van der Waals surface area contributed by atoms with Crippen molar-refractivity contribution < 1.29 is 9.47 Å². The Morgan fingerprint density at radius 1 is 1.24 bits per heavy atom. The van der Waals surface area contributed by atoms with E-state index in [1.807, 2.05) is 0 Å². The Balaban J connectivity index is 2.32. The minimum atomic E-state index is 0.427. The van der Waals surface area contributed by atoms with Crippen molar-refractivity contribution in [1.82, 2.24) is 9.97 Å². The Kier molecular flexibility index (Phi) is 8.50. The van der Waals surface area contributed by atoms with Crippen molar-refractivity contribution in [3.63, 3.8) is 0 Å². The Bertz CT molecular complexity index is 399. The van der Waals surface area contributed by atoms with Crippen LogP contribution < -0.4 is 15.8 Å². The van der Waals surface area contributed by atoms with Gasteiger partial charge < -0.3 is 20.5 Å². The number of anilines is 2. The highest BCUT2D eigenvalue weighted by atomic mass is 16.5. The van der Waals surface area contributed by atoms with Crippen LogP contribution in [0.25, 0.3) is 0 Å². The van der Waals surface area contributed by atoms with Gasteiger partial charge in [-0.05, 0) is 18.8 Å². The molecule has 0 amide bonds. The molecule has 1 rings (SSSR count). The van der Waals surface area contributed by atoms with Crippen molar-refractivity contribution in [2.45, 2.75) is 40.0 Å². The normalized spacial score (nSPS) is 10.9. The fourth-order valence-corrected chi connectivity index (χ4v) is 1.61. The maximum atomic E-state index is 6.01. The van der Waals surface area contributed by atoms with Gasteiger partial charge in [-0.3, -0.25) is 0 Å². The van der Waals surface area contributed by atoms with Crippen molar-refractivity contribution in [2.24, 2.45) is 5.92 Å². The van der Waals surface area contributed by atoms with Gasteiger partial charge in [-0.1, -0.05) is 27.2 Å². The molecule has 120 valence electrons. The summed E-state index contributed by atoms with van der Waals surface area (Å²) < 4.78 is 11.1. The molecule has 21 heavy (non-hydrogen) atoms. The standard InChI is InChI=1S/C15H28N4O2/c1-4-5-8-20-9-6-7-17-14-13(16)15(19-11-18-14)21-10-12(2)3/h11-12H,4-10,16H2,1-3H3,(H,17,18,19). The Morgan fingerprint density at radius 3 is 2.71 bits per heavy atom. The molecule has 0 saturated carbocycles. The lowest BCUT2D eigenvalue weighted by Crippen LogP contribution is -2.12. The van der Waals surface area contributed by atoms with Gasteiger partial charge in [0.05, 0.1) is 6.61 Å². The van der Waals surface area contributed by atoms with Crippen LogP contribution in [-0.2, 0) is 4.74 Å². The number of unbranched alkanes of at least 4 members (excludes halogenated alkanes) is 1. The van der Waals surface area contributed by atoms with E-state index in [9.17, 15) is 0 Å². The van der Waals surface area contributed by atoms with E-state index in [0.29, 0.717) is 29.9 Å². The highest BCUT2D eigenvalue weighted by Gasteiger charge is 2.09. The smallest absolute Gasteiger partial charge is 0.242 e. The molecule has 1 heterocycles. The van der Waals surface area contributed by atoms with Crippen molar-refractivity contribution in [2.75, 3.05) is 37.4 Å². The summed E-state index contributed by atoms with van der Waals surface area (Å²) in [5.74, 6) is 1.49. The van der Waals surface area contributed by atoms with E-state index < -0.39 is 0 Å². The number of ether oxygens (including phenoxy) is 2. The zero-order valence-corrected chi connectivity index (χ0v) is 13.4. The largest absolute Gasteiger partial charge is 0.476 e. The van der Waals surface area contributed by atoms with Crippen LogP contribution in [-0.4, -0.2) is 36.3 Å². The summed E-state index contributed by atoms with van der Waals surface area (Å²) in [4.78, 5) is 8.21. The first-order chi connectivity index (χ1) is 10.1. The molecule has 0 fully saturated rings. The van der Waals surface area contributed by atoms with Crippen LogP contribution in [0.5, 0.6) is 5.88 Å². The molecule has 0 aliphatic carbocycles. The molecular formula is C15H28N4O2. The molecule has 0 spiro atoms. The van der Waals surface area contributed by atoms with E-state index in [2.05, 4.69) is 36.1 Å². The van der Waals surface area contributed by atoms with Gasteiger partial charge >= 0.3 is 0 Å². The number of aromatic nitrogens is 2. The van der Waals surface area contributed by atoms with Crippen LogP contribution in [0.15, 0.2) is 6.33 Å². The van der Waals surface area contributed by atoms with Crippen molar-refractivity contribution in [1.29, 1.82) is 0 Å². The van der Waals surface area contributed by atoms with Crippen molar-refractivity contribution in [3.8, 4) is 5.88 Å². The number of nitrogens with two attached hydrogens (primary N) is 1. The van der Waals surface area contributed by atoms with Gasteiger partial charge in [0, 0.05) is 19.8 Å². The quantitative estimate of drug-likeness (QED) is 0.611. The Labute approximate surface area is 127 Å². The molecule has 1 aromatic rings. The molecule has 3 N–H and O–H groups in total. The molecule has 6 heteroatoms. The summed E-state index contributed by atoms with van der Waals surface area (Å²) in [7, 11) is 0. The number of nitrogen functional groups attached to an aromatic ring is 1.